The number of hydrogen-bond donors (Lipinski definition) is 1. The second-order valence-electron chi connectivity index (χ2n) is 3.00. The van der Waals surface area contributed by atoms with Gasteiger partial charge in [0.15, 0.2) is 0 Å². The highest BCUT2D eigenvalue weighted by Gasteiger charge is 1.97. The van der Waals surface area contributed by atoms with E-state index >= 15 is 0 Å². The van der Waals surface area contributed by atoms with E-state index in [2.05, 4.69) is 9.98 Å². The van der Waals surface area contributed by atoms with Gasteiger partial charge in [0.05, 0.1) is 11.4 Å². The molecule has 1 aromatic heterocycles. The van der Waals surface area contributed by atoms with Crippen molar-refractivity contribution in [2.45, 2.75) is 20.8 Å². The van der Waals surface area contributed by atoms with Crippen molar-refractivity contribution in [3.63, 3.8) is 0 Å². The third kappa shape index (κ3) is 2.78. The highest BCUT2D eigenvalue weighted by atomic mass is 14.8. The SMILES string of the molecule is CC(=N)N=C(C)c1ccc(C)cn1. The molecular formula is C10H13N3. The Hall–Kier alpha value is -1.51. The van der Waals surface area contributed by atoms with Gasteiger partial charge in [-0.05, 0) is 32.4 Å². The molecule has 0 atom stereocenters. The molecule has 0 aliphatic carbocycles. The van der Waals surface area contributed by atoms with Crippen LogP contribution in [0.15, 0.2) is 23.3 Å². The van der Waals surface area contributed by atoms with Gasteiger partial charge in [0.2, 0.25) is 0 Å². The molecule has 1 N–H and O–H groups in total. The standard InChI is InChI=1S/C10H13N3/c1-7-4-5-10(12-6-7)8(2)13-9(3)11/h4-6,11H,1-3H3. The van der Waals surface area contributed by atoms with Gasteiger partial charge in [-0.3, -0.25) is 10.4 Å². The fourth-order valence-corrected chi connectivity index (χ4v) is 0.991. The van der Waals surface area contributed by atoms with E-state index < -0.39 is 0 Å². The van der Waals surface area contributed by atoms with Crippen molar-refractivity contribution in [3.8, 4) is 0 Å². The fourth-order valence-electron chi connectivity index (χ4n) is 0.991. The van der Waals surface area contributed by atoms with E-state index in [9.17, 15) is 0 Å². The van der Waals surface area contributed by atoms with E-state index in [1.54, 1.807) is 13.1 Å². The van der Waals surface area contributed by atoms with Gasteiger partial charge in [0, 0.05) is 6.20 Å². The zero-order chi connectivity index (χ0) is 9.84. The van der Waals surface area contributed by atoms with E-state index in [1.165, 1.54) is 0 Å². The van der Waals surface area contributed by atoms with E-state index in [1.807, 2.05) is 26.0 Å². The van der Waals surface area contributed by atoms with Crippen LogP contribution in [-0.2, 0) is 0 Å². The second-order valence-corrected chi connectivity index (χ2v) is 3.00. The molecule has 0 saturated heterocycles. The molecule has 0 amide bonds. The predicted molar refractivity (Wildman–Crippen MR) is 54.6 cm³/mol. The van der Waals surface area contributed by atoms with Gasteiger partial charge in [0.1, 0.15) is 5.84 Å². The number of nitrogens with zero attached hydrogens (tertiary/aromatic N) is 2. The van der Waals surface area contributed by atoms with Crippen molar-refractivity contribution in [3.05, 3.63) is 29.6 Å². The molecule has 0 unspecified atom stereocenters. The minimum atomic E-state index is 0.305. The van der Waals surface area contributed by atoms with Gasteiger partial charge >= 0.3 is 0 Å². The summed E-state index contributed by atoms with van der Waals surface area (Å²) >= 11 is 0. The summed E-state index contributed by atoms with van der Waals surface area (Å²) in [5.41, 5.74) is 2.74. The highest BCUT2D eigenvalue weighted by Crippen LogP contribution is 2.00. The lowest BCUT2D eigenvalue weighted by Crippen LogP contribution is -2.00. The molecule has 68 valence electrons. The maximum Gasteiger partial charge on any atom is 0.117 e. The Morgan fingerprint density at radius 2 is 2.08 bits per heavy atom. The van der Waals surface area contributed by atoms with Crippen molar-refractivity contribution in [2.24, 2.45) is 4.99 Å². The van der Waals surface area contributed by atoms with Crippen LogP contribution in [0.1, 0.15) is 25.1 Å². The smallest absolute Gasteiger partial charge is 0.117 e. The monoisotopic (exact) mass is 175 g/mol. The molecule has 3 heteroatoms. The van der Waals surface area contributed by atoms with Gasteiger partial charge in [-0.15, -0.1) is 0 Å². The van der Waals surface area contributed by atoms with Crippen molar-refractivity contribution >= 4 is 11.5 Å². The normalized spacial score (nSPS) is 11.5. The first-order valence-electron chi connectivity index (χ1n) is 4.13. The summed E-state index contributed by atoms with van der Waals surface area (Å²) in [5, 5.41) is 7.20. The molecule has 3 nitrogen and oxygen atoms in total. The van der Waals surface area contributed by atoms with Gasteiger partial charge in [0.25, 0.3) is 0 Å². The molecule has 0 fully saturated rings. The van der Waals surface area contributed by atoms with Crippen LogP contribution < -0.4 is 0 Å². The van der Waals surface area contributed by atoms with Crippen LogP contribution >= 0.6 is 0 Å². The van der Waals surface area contributed by atoms with Gasteiger partial charge in [-0.1, -0.05) is 6.07 Å². The topological polar surface area (TPSA) is 49.1 Å². The molecule has 0 saturated carbocycles. The Labute approximate surface area is 78.1 Å². The molecule has 1 rings (SSSR count). The zero-order valence-electron chi connectivity index (χ0n) is 8.13. The Balaban J connectivity index is 2.96. The molecule has 1 aromatic rings. The van der Waals surface area contributed by atoms with Crippen LogP contribution in [-0.4, -0.2) is 16.5 Å². The molecular weight excluding hydrogens is 162 g/mol. The van der Waals surface area contributed by atoms with E-state index in [0.29, 0.717) is 5.84 Å². The van der Waals surface area contributed by atoms with Crippen LogP contribution in [0.25, 0.3) is 0 Å². The number of pyridine rings is 1. The lowest BCUT2D eigenvalue weighted by atomic mass is 10.2. The fraction of sp³-hybridized carbons (Fsp3) is 0.300. The van der Waals surface area contributed by atoms with Crippen molar-refractivity contribution in [1.29, 1.82) is 5.41 Å². The van der Waals surface area contributed by atoms with Crippen LogP contribution in [0.4, 0.5) is 0 Å². The van der Waals surface area contributed by atoms with Gasteiger partial charge in [-0.25, -0.2) is 4.99 Å². The third-order valence-corrected chi connectivity index (χ3v) is 1.62. The number of rotatable bonds is 1. The summed E-state index contributed by atoms with van der Waals surface area (Å²) in [4.78, 5) is 8.22. The highest BCUT2D eigenvalue weighted by molar-refractivity contribution is 6.03. The maximum absolute atomic E-state index is 7.20. The minimum absolute atomic E-state index is 0.305. The number of aromatic nitrogens is 1. The number of hydrogen-bond acceptors (Lipinski definition) is 2. The summed E-state index contributed by atoms with van der Waals surface area (Å²) in [5.74, 6) is 0.305. The molecule has 0 spiro atoms. The van der Waals surface area contributed by atoms with Gasteiger partial charge in [-0.2, -0.15) is 0 Å². The van der Waals surface area contributed by atoms with Crippen LogP contribution in [0.5, 0.6) is 0 Å². The first-order chi connectivity index (χ1) is 6.09. The van der Waals surface area contributed by atoms with Crippen LogP contribution in [0.3, 0.4) is 0 Å². The molecule has 0 aromatic carbocycles. The quantitative estimate of drug-likeness (QED) is 0.516. The number of nitrogens with one attached hydrogen (secondary N) is 1. The minimum Gasteiger partial charge on any atom is -0.287 e. The lowest BCUT2D eigenvalue weighted by Gasteiger charge is -1.99. The van der Waals surface area contributed by atoms with E-state index in [0.717, 1.165) is 17.0 Å². The molecule has 1 heterocycles. The zero-order valence-corrected chi connectivity index (χ0v) is 8.13. The predicted octanol–water partition coefficient (Wildman–Crippen LogP) is 2.20. The first kappa shape index (κ1) is 9.58. The van der Waals surface area contributed by atoms with Crippen LogP contribution in [0.2, 0.25) is 0 Å². The largest absolute Gasteiger partial charge is 0.287 e. The summed E-state index contributed by atoms with van der Waals surface area (Å²) in [6.45, 7) is 5.50. The number of aryl methyl sites for hydroxylation is 1. The molecule has 0 aliphatic heterocycles. The van der Waals surface area contributed by atoms with E-state index in [-0.39, 0.29) is 0 Å². The Morgan fingerprint density at radius 3 is 2.54 bits per heavy atom. The number of aliphatic imine (C=N–C) groups is 1. The summed E-state index contributed by atoms with van der Waals surface area (Å²) in [7, 11) is 0. The molecule has 0 bridgehead atoms. The van der Waals surface area contributed by atoms with Crippen molar-refractivity contribution < 1.29 is 0 Å². The molecule has 0 aliphatic rings. The summed E-state index contributed by atoms with van der Waals surface area (Å²) in [6.07, 6.45) is 1.80. The van der Waals surface area contributed by atoms with Crippen molar-refractivity contribution in [1.82, 2.24) is 4.98 Å². The molecule has 0 radical (unpaired) electrons. The number of amidine groups is 1. The van der Waals surface area contributed by atoms with Gasteiger partial charge < -0.3 is 0 Å². The van der Waals surface area contributed by atoms with E-state index in [4.69, 9.17) is 5.41 Å². The second kappa shape index (κ2) is 3.94. The van der Waals surface area contributed by atoms with Crippen molar-refractivity contribution in [2.75, 3.05) is 0 Å². The average molecular weight is 175 g/mol. The third-order valence-electron chi connectivity index (χ3n) is 1.62. The lowest BCUT2D eigenvalue weighted by molar-refractivity contribution is 1.23. The Bertz CT molecular complexity index is 336. The summed E-state index contributed by atoms with van der Waals surface area (Å²) in [6, 6.07) is 3.90. The Kier molecular flexibility index (Phi) is 2.90. The first-order valence-corrected chi connectivity index (χ1v) is 4.13. The average Bonchev–Trinajstić information content (AvgIpc) is 2.04. The summed E-state index contributed by atoms with van der Waals surface area (Å²) < 4.78 is 0. The maximum atomic E-state index is 7.20. The molecule has 13 heavy (non-hydrogen) atoms. The van der Waals surface area contributed by atoms with Crippen LogP contribution in [0, 0.1) is 12.3 Å². The Morgan fingerprint density at radius 1 is 1.38 bits per heavy atom.